The van der Waals surface area contributed by atoms with Gasteiger partial charge in [-0.05, 0) is 13.8 Å². The van der Waals surface area contributed by atoms with E-state index in [4.69, 9.17) is 0 Å². The molecule has 14 heavy (non-hydrogen) atoms. The number of nitrogens with zero attached hydrogens (tertiary/aromatic N) is 1. The zero-order valence-electron chi connectivity index (χ0n) is 8.37. The van der Waals surface area contributed by atoms with E-state index in [-0.39, 0.29) is 24.0 Å². The van der Waals surface area contributed by atoms with E-state index in [1.165, 1.54) is 11.8 Å². The second-order valence-electron chi connectivity index (χ2n) is 3.43. The fourth-order valence-electron chi connectivity index (χ4n) is 1.44. The van der Waals surface area contributed by atoms with Crippen molar-refractivity contribution >= 4 is 17.6 Å². The molecule has 0 radical (unpaired) electrons. The van der Waals surface area contributed by atoms with Gasteiger partial charge < -0.3 is 10.2 Å². The van der Waals surface area contributed by atoms with Crippen LogP contribution in [0.2, 0.25) is 0 Å². The first-order chi connectivity index (χ1) is 6.52. The number of ketones is 1. The van der Waals surface area contributed by atoms with Crippen molar-refractivity contribution in [1.29, 1.82) is 0 Å². The average Bonchev–Trinajstić information content (AvgIpc) is 2.08. The molecular formula is C9H14N2O3. The molecule has 0 aromatic heterocycles. The van der Waals surface area contributed by atoms with Crippen LogP contribution in [0.15, 0.2) is 0 Å². The molecule has 1 aliphatic heterocycles. The quantitative estimate of drug-likeness (QED) is 0.597. The van der Waals surface area contributed by atoms with Gasteiger partial charge in [0.1, 0.15) is 11.8 Å². The van der Waals surface area contributed by atoms with Gasteiger partial charge in [0.25, 0.3) is 0 Å². The fourth-order valence-corrected chi connectivity index (χ4v) is 1.44. The Labute approximate surface area is 82.4 Å². The number of carbonyl (C=O) groups excluding carboxylic acids is 3. The summed E-state index contributed by atoms with van der Waals surface area (Å²) in [5.41, 5.74) is 0. The zero-order valence-corrected chi connectivity index (χ0v) is 8.37. The molecule has 5 nitrogen and oxygen atoms in total. The van der Waals surface area contributed by atoms with Crippen LogP contribution in [0.25, 0.3) is 0 Å². The van der Waals surface area contributed by atoms with Crippen LogP contribution < -0.4 is 5.32 Å². The first-order valence-corrected chi connectivity index (χ1v) is 4.59. The van der Waals surface area contributed by atoms with Crippen molar-refractivity contribution in [2.45, 2.75) is 26.3 Å². The van der Waals surface area contributed by atoms with E-state index in [0.717, 1.165) is 0 Å². The van der Waals surface area contributed by atoms with Crippen molar-refractivity contribution < 1.29 is 14.4 Å². The predicted octanol–water partition coefficient (Wildman–Crippen LogP) is -0.688. The molecule has 78 valence electrons. The Morgan fingerprint density at radius 3 is 2.79 bits per heavy atom. The Kier molecular flexibility index (Phi) is 3.22. The molecule has 1 rings (SSSR count). The summed E-state index contributed by atoms with van der Waals surface area (Å²) in [6.07, 6.45) is -0.113. The van der Waals surface area contributed by atoms with Crippen LogP contribution in [-0.4, -0.2) is 41.6 Å². The zero-order chi connectivity index (χ0) is 10.7. The Morgan fingerprint density at radius 2 is 2.21 bits per heavy atom. The molecule has 1 N–H and O–H groups in total. The lowest BCUT2D eigenvalue weighted by Gasteiger charge is -2.32. The Hall–Kier alpha value is -1.39. The van der Waals surface area contributed by atoms with Gasteiger partial charge in [0, 0.05) is 13.1 Å². The molecule has 0 aliphatic carbocycles. The Bertz CT molecular complexity index is 275. The molecule has 1 saturated heterocycles. The lowest BCUT2D eigenvalue weighted by molar-refractivity contribution is -0.144. The largest absolute Gasteiger partial charge is 0.353 e. The molecule has 5 heteroatoms. The van der Waals surface area contributed by atoms with Gasteiger partial charge >= 0.3 is 0 Å². The maximum absolute atomic E-state index is 11.5. The van der Waals surface area contributed by atoms with E-state index in [1.807, 2.05) is 0 Å². The molecule has 1 atom stereocenters. The summed E-state index contributed by atoms with van der Waals surface area (Å²) in [7, 11) is 0. The normalized spacial score (nSPS) is 21.7. The summed E-state index contributed by atoms with van der Waals surface area (Å²) in [6.45, 7) is 3.98. The molecule has 0 aromatic carbocycles. The van der Waals surface area contributed by atoms with Crippen LogP contribution >= 0.6 is 0 Å². The smallest absolute Gasteiger partial charge is 0.242 e. The number of hydrogen-bond acceptors (Lipinski definition) is 3. The topological polar surface area (TPSA) is 66.5 Å². The summed E-state index contributed by atoms with van der Waals surface area (Å²) in [5.74, 6) is -0.596. The van der Waals surface area contributed by atoms with Crippen molar-refractivity contribution in [3.05, 3.63) is 0 Å². The van der Waals surface area contributed by atoms with E-state index < -0.39 is 6.04 Å². The maximum atomic E-state index is 11.5. The summed E-state index contributed by atoms with van der Waals surface area (Å²) in [4.78, 5) is 34.9. The molecular weight excluding hydrogens is 184 g/mol. The van der Waals surface area contributed by atoms with Gasteiger partial charge in [0.15, 0.2) is 0 Å². The van der Waals surface area contributed by atoms with E-state index in [2.05, 4.69) is 5.32 Å². The standard InChI is InChI=1S/C9H14N2O3/c1-6(12)5-8(13)11-4-3-10-9(14)7(11)2/h7H,3-5H2,1-2H3,(H,10,14). The number of hydrogen-bond donors (Lipinski definition) is 1. The summed E-state index contributed by atoms with van der Waals surface area (Å²) < 4.78 is 0. The van der Waals surface area contributed by atoms with Crippen LogP contribution in [0.5, 0.6) is 0 Å². The van der Waals surface area contributed by atoms with Crippen LogP contribution in [0.4, 0.5) is 0 Å². The molecule has 0 spiro atoms. The lowest BCUT2D eigenvalue weighted by atomic mass is 10.1. The highest BCUT2D eigenvalue weighted by molar-refractivity contribution is 5.99. The number of rotatable bonds is 2. The van der Waals surface area contributed by atoms with E-state index in [1.54, 1.807) is 6.92 Å². The first-order valence-electron chi connectivity index (χ1n) is 4.59. The van der Waals surface area contributed by atoms with Gasteiger partial charge in [-0.1, -0.05) is 0 Å². The van der Waals surface area contributed by atoms with E-state index in [0.29, 0.717) is 13.1 Å². The van der Waals surface area contributed by atoms with Crippen molar-refractivity contribution in [2.24, 2.45) is 0 Å². The molecule has 1 unspecified atom stereocenters. The van der Waals surface area contributed by atoms with Gasteiger partial charge in [0.05, 0.1) is 6.42 Å². The van der Waals surface area contributed by atoms with Crippen molar-refractivity contribution in [3.63, 3.8) is 0 Å². The number of amides is 2. The molecule has 0 aromatic rings. The third kappa shape index (κ3) is 2.31. The number of piperazine rings is 1. The second-order valence-corrected chi connectivity index (χ2v) is 3.43. The van der Waals surface area contributed by atoms with Gasteiger partial charge in [-0.15, -0.1) is 0 Å². The van der Waals surface area contributed by atoms with Crippen molar-refractivity contribution in [1.82, 2.24) is 10.2 Å². The molecule has 0 saturated carbocycles. The van der Waals surface area contributed by atoms with Crippen molar-refractivity contribution in [3.8, 4) is 0 Å². The highest BCUT2D eigenvalue weighted by atomic mass is 16.2. The Balaban J connectivity index is 2.62. The fraction of sp³-hybridized carbons (Fsp3) is 0.667. The number of Topliss-reactive ketones (excluding diaryl/α,β-unsaturated/α-hetero) is 1. The first kappa shape index (κ1) is 10.7. The van der Waals surface area contributed by atoms with E-state index in [9.17, 15) is 14.4 Å². The van der Waals surface area contributed by atoms with Gasteiger partial charge in [0.2, 0.25) is 11.8 Å². The minimum Gasteiger partial charge on any atom is -0.353 e. The van der Waals surface area contributed by atoms with Gasteiger partial charge in [-0.25, -0.2) is 0 Å². The van der Waals surface area contributed by atoms with Gasteiger partial charge in [-0.3, -0.25) is 14.4 Å². The number of nitrogens with one attached hydrogen (secondary N) is 1. The minimum atomic E-state index is -0.462. The number of carbonyl (C=O) groups is 3. The highest BCUT2D eigenvalue weighted by Crippen LogP contribution is 2.06. The lowest BCUT2D eigenvalue weighted by Crippen LogP contribution is -2.56. The molecule has 1 aliphatic rings. The van der Waals surface area contributed by atoms with E-state index >= 15 is 0 Å². The average molecular weight is 198 g/mol. The van der Waals surface area contributed by atoms with Gasteiger partial charge in [-0.2, -0.15) is 0 Å². The third-order valence-corrected chi connectivity index (χ3v) is 2.22. The SMILES string of the molecule is CC(=O)CC(=O)N1CCNC(=O)C1C. The van der Waals surface area contributed by atoms with Crippen LogP contribution in [0, 0.1) is 0 Å². The summed E-state index contributed by atoms with van der Waals surface area (Å²) >= 11 is 0. The molecule has 0 bridgehead atoms. The third-order valence-electron chi connectivity index (χ3n) is 2.22. The van der Waals surface area contributed by atoms with Crippen LogP contribution in [0.3, 0.4) is 0 Å². The summed E-state index contributed by atoms with van der Waals surface area (Å²) in [6, 6.07) is -0.462. The predicted molar refractivity (Wildman–Crippen MR) is 49.5 cm³/mol. The van der Waals surface area contributed by atoms with Crippen molar-refractivity contribution in [2.75, 3.05) is 13.1 Å². The summed E-state index contributed by atoms with van der Waals surface area (Å²) in [5, 5.41) is 2.65. The van der Waals surface area contributed by atoms with Crippen LogP contribution in [-0.2, 0) is 14.4 Å². The second kappa shape index (κ2) is 4.21. The monoisotopic (exact) mass is 198 g/mol. The highest BCUT2D eigenvalue weighted by Gasteiger charge is 2.29. The maximum Gasteiger partial charge on any atom is 0.242 e. The Morgan fingerprint density at radius 1 is 1.57 bits per heavy atom. The molecule has 1 fully saturated rings. The van der Waals surface area contributed by atoms with Crippen LogP contribution in [0.1, 0.15) is 20.3 Å². The minimum absolute atomic E-state index is 0.113. The molecule has 1 heterocycles. The molecule has 2 amide bonds.